The first-order chi connectivity index (χ1) is 12.6. The van der Waals surface area contributed by atoms with Gasteiger partial charge >= 0.3 is 0 Å². The molecule has 142 valence electrons. The molecular weight excluding hydrogens is 391 g/mol. The van der Waals surface area contributed by atoms with E-state index in [1.165, 1.54) is 12.1 Å². The molecule has 1 aromatic carbocycles. The number of rotatable bonds is 3. The zero-order valence-electron chi connectivity index (χ0n) is 14.2. The fourth-order valence-electron chi connectivity index (χ4n) is 3.29. The van der Waals surface area contributed by atoms with Gasteiger partial charge in [0.15, 0.2) is 5.17 Å². The van der Waals surface area contributed by atoms with Gasteiger partial charge in [0, 0.05) is 17.4 Å². The van der Waals surface area contributed by atoms with Gasteiger partial charge in [0.25, 0.3) is 5.91 Å². The fourth-order valence-corrected chi connectivity index (χ4v) is 4.26. The standard InChI is InChI=1S/C18H17FN4O2S.ClH/c19-13-4-5-15(21-7-13)16(24)22-14-3-1-2-11(6-14)18-10-25-8-12(18)9-26-17(20)23-18;/h1-7,12H,8-10H2,(H2,20,23)(H,22,24);1H/t12-,18+;/m0./s1. The third-order valence-corrected chi connectivity index (χ3v) is 5.60. The SMILES string of the molecule is Cl.NC1=N[C@@]2(c3cccc(NC(=O)c4ccc(F)cn4)c3)COC[C@H]2CS1. The molecule has 4 rings (SSSR count). The lowest BCUT2D eigenvalue weighted by atomic mass is 9.81. The van der Waals surface area contributed by atoms with Crippen LogP contribution in [0.4, 0.5) is 10.1 Å². The number of benzene rings is 1. The molecule has 3 heterocycles. The highest BCUT2D eigenvalue weighted by Crippen LogP contribution is 2.44. The lowest BCUT2D eigenvalue weighted by Gasteiger charge is -2.34. The summed E-state index contributed by atoms with van der Waals surface area (Å²) in [5, 5.41) is 3.35. The van der Waals surface area contributed by atoms with Crippen LogP contribution in [0.15, 0.2) is 47.6 Å². The van der Waals surface area contributed by atoms with E-state index in [9.17, 15) is 9.18 Å². The van der Waals surface area contributed by atoms with Gasteiger partial charge in [-0.05, 0) is 29.8 Å². The van der Waals surface area contributed by atoms with Gasteiger partial charge in [-0.15, -0.1) is 12.4 Å². The summed E-state index contributed by atoms with van der Waals surface area (Å²) < 4.78 is 18.7. The van der Waals surface area contributed by atoms with E-state index in [1.54, 1.807) is 17.8 Å². The number of thioether (sulfide) groups is 1. The number of carbonyl (C=O) groups excluding carboxylic acids is 1. The predicted octanol–water partition coefficient (Wildman–Crippen LogP) is 2.80. The Kier molecular flexibility index (Phi) is 5.69. The molecule has 2 aliphatic rings. The van der Waals surface area contributed by atoms with Crippen molar-refractivity contribution in [1.29, 1.82) is 0 Å². The molecule has 1 fully saturated rings. The van der Waals surface area contributed by atoms with Crippen molar-refractivity contribution in [1.82, 2.24) is 4.98 Å². The molecule has 0 radical (unpaired) electrons. The summed E-state index contributed by atoms with van der Waals surface area (Å²) in [6.45, 7) is 1.11. The van der Waals surface area contributed by atoms with Crippen LogP contribution >= 0.6 is 24.2 Å². The number of hydrogen-bond acceptors (Lipinski definition) is 6. The molecule has 3 N–H and O–H groups in total. The van der Waals surface area contributed by atoms with Gasteiger partial charge in [0.2, 0.25) is 0 Å². The second-order valence-corrected chi connectivity index (χ2v) is 7.33. The van der Waals surface area contributed by atoms with Gasteiger partial charge in [0.1, 0.15) is 17.1 Å². The first kappa shape index (κ1) is 19.6. The zero-order chi connectivity index (χ0) is 18.1. The molecule has 1 aromatic heterocycles. The summed E-state index contributed by atoms with van der Waals surface area (Å²) in [6, 6.07) is 10.1. The van der Waals surface area contributed by atoms with Crippen LogP contribution in [-0.2, 0) is 10.3 Å². The number of amidine groups is 1. The van der Waals surface area contributed by atoms with E-state index < -0.39 is 17.3 Å². The summed E-state index contributed by atoms with van der Waals surface area (Å²) in [6.07, 6.45) is 1.02. The van der Waals surface area contributed by atoms with E-state index in [2.05, 4.69) is 10.3 Å². The summed E-state index contributed by atoms with van der Waals surface area (Å²) in [5.41, 5.74) is 7.17. The largest absolute Gasteiger partial charge is 0.379 e. The Morgan fingerprint density at radius 1 is 1.37 bits per heavy atom. The lowest BCUT2D eigenvalue weighted by Crippen LogP contribution is -2.39. The number of hydrogen-bond donors (Lipinski definition) is 2. The van der Waals surface area contributed by atoms with Crippen molar-refractivity contribution < 1.29 is 13.9 Å². The van der Waals surface area contributed by atoms with Gasteiger partial charge < -0.3 is 15.8 Å². The van der Waals surface area contributed by atoms with E-state index in [-0.39, 0.29) is 24.0 Å². The van der Waals surface area contributed by atoms with Crippen molar-refractivity contribution in [3.63, 3.8) is 0 Å². The maximum Gasteiger partial charge on any atom is 0.274 e. The third-order valence-electron chi connectivity index (χ3n) is 4.64. The maximum absolute atomic E-state index is 13.0. The predicted molar refractivity (Wildman–Crippen MR) is 106 cm³/mol. The van der Waals surface area contributed by atoms with Gasteiger partial charge in [-0.1, -0.05) is 23.9 Å². The molecule has 9 heteroatoms. The number of nitrogens with zero attached hydrogens (tertiary/aromatic N) is 2. The topological polar surface area (TPSA) is 89.6 Å². The van der Waals surface area contributed by atoms with Crippen LogP contribution < -0.4 is 11.1 Å². The minimum Gasteiger partial charge on any atom is -0.379 e. The van der Waals surface area contributed by atoms with Crippen LogP contribution in [0.2, 0.25) is 0 Å². The highest BCUT2D eigenvalue weighted by Gasteiger charge is 2.47. The molecule has 0 saturated carbocycles. The monoisotopic (exact) mass is 408 g/mol. The second kappa shape index (κ2) is 7.84. The van der Waals surface area contributed by atoms with E-state index in [1.807, 2.05) is 18.2 Å². The van der Waals surface area contributed by atoms with Crippen LogP contribution in [0.3, 0.4) is 0 Å². The van der Waals surface area contributed by atoms with Crippen LogP contribution in [0, 0.1) is 11.7 Å². The van der Waals surface area contributed by atoms with E-state index in [4.69, 9.17) is 15.5 Å². The minimum absolute atomic E-state index is 0. The van der Waals surface area contributed by atoms with Crippen molar-refractivity contribution in [2.45, 2.75) is 5.54 Å². The number of halogens is 2. The molecule has 0 spiro atoms. The summed E-state index contributed by atoms with van der Waals surface area (Å²) >= 11 is 1.54. The van der Waals surface area contributed by atoms with Crippen LogP contribution in [0.5, 0.6) is 0 Å². The Bertz CT molecular complexity index is 880. The maximum atomic E-state index is 13.0. The number of carbonyl (C=O) groups is 1. The normalized spacial score (nSPS) is 23.7. The van der Waals surface area contributed by atoms with E-state index >= 15 is 0 Å². The smallest absolute Gasteiger partial charge is 0.274 e. The molecule has 1 saturated heterocycles. The average molecular weight is 409 g/mol. The number of pyridine rings is 1. The van der Waals surface area contributed by atoms with Crippen molar-refractivity contribution in [3.05, 3.63) is 59.7 Å². The molecule has 0 bridgehead atoms. The molecule has 6 nitrogen and oxygen atoms in total. The zero-order valence-corrected chi connectivity index (χ0v) is 15.9. The number of aromatic nitrogens is 1. The Morgan fingerprint density at radius 2 is 2.22 bits per heavy atom. The number of amides is 1. The Labute approximate surface area is 166 Å². The highest BCUT2D eigenvalue weighted by molar-refractivity contribution is 8.13. The number of ether oxygens (including phenoxy) is 1. The van der Waals surface area contributed by atoms with Crippen LogP contribution in [0.25, 0.3) is 0 Å². The molecule has 2 aliphatic heterocycles. The van der Waals surface area contributed by atoms with Crippen molar-refractivity contribution in [3.8, 4) is 0 Å². The van der Waals surface area contributed by atoms with Crippen LogP contribution in [-0.4, -0.2) is 35.0 Å². The number of nitrogens with two attached hydrogens (primary N) is 1. The van der Waals surface area contributed by atoms with Gasteiger partial charge in [-0.3, -0.25) is 4.79 Å². The highest BCUT2D eigenvalue weighted by atomic mass is 35.5. The Morgan fingerprint density at radius 3 is 3.00 bits per heavy atom. The molecule has 2 aromatic rings. The van der Waals surface area contributed by atoms with Gasteiger partial charge in [-0.2, -0.15) is 0 Å². The average Bonchev–Trinajstić information content (AvgIpc) is 3.06. The quantitative estimate of drug-likeness (QED) is 0.815. The number of anilines is 1. The second-order valence-electron chi connectivity index (χ2n) is 6.29. The lowest BCUT2D eigenvalue weighted by molar-refractivity contribution is 0.102. The molecule has 2 atom stereocenters. The minimum atomic E-state index is -0.510. The first-order valence-corrected chi connectivity index (χ1v) is 9.15. The fraction of sp³-hybridized carbons (Fsp3) is 0.278. The van der Waals surface area contributed by atoms with E-state index in [0.717, 1.165) is 17.5 Å². The summed E-state index contributed by atoms with van der Waals surface area (Å²) in [5.74, 6) is 0.206. The molecular formula is C18H18ClFN4O2S. The third kappa shape index (κ3) is 3.78. The first-order valence-electron chi connectivity index (χ1n) is 8.16. The van der Waals surface area contributed by atoms with Crippen LogP contribution in [0.1, 0.15) is 16.1 Å². The molecule has 0 aliphatic carbocycles. The molecule has 27 heavy (non-hydrogen) atoms. The van der Waals surface area contributed by atoms with E-state index in [0.29, 0.717) is 24.1 Å². The number of nitrogens with one attached hydrogen (secondary N) is 1. The van der Waals surface area contributed by atoms with Crippen molar-refractivity contribution in [2.75, 3.05) is 24.3 Å². The summed E-state index contributed by atoms with van der Waals surface area (Å²) in [7, 11) is 0. The number of fused-ring (bicyclic) bond motifs is 1. The van der Waals surface area contributed by atoms with Gasteiger partial charge in [-0.25, -0.2) is 14.4 Å². The van der Waals surface area contributed by atoms with Crippen molar-refractivity contribution in [2.24, 2.45) is 16.6 Å². The Hall–Kier alpha value is -2.16. The van der Waals surface area contributed by atoms with Gasteiger partial charge in [0.05, 0.1) is 19.4 Å². The van der Waals surface area contributed by atoms with Crippen molar-refractivity contribution >= 4 is 40.9 Å². The number of aliphatic imine (C=N–C) groups is 1. The summed E-state index contributed by atoms with van der Waals surface area (Å²) in [4.78, 5) is 20.8. The Balaban J connectivity index is 0.00000210. The molecule has 1 amide bonds. The molecule has 0 unspecified atom stereocenters.